The van der Waals surface area contributed by atoms with Crippen molar-refractivity contribution in [1.29, 1.82) is 5.26 Å². The van der Waals surface area contributed by atoms with E-state index in [1.54, 1.807) is 30.3 Å². The number of amides is 1. The van der Waals surface area contributed by atoms with E-state index in [0.717, 1.165) is 5.56 Å². The van der Waals surface area contributed by atoms with E-state index in [2.05, 4.69) is 27.9 Å². The van der Waals surface area contributed by atoms with Crippen LogP contribution >= 0.6 is 34.2 Å². The Labute approximate surface area is 221 Å². The number of rotatable bonds is 9. The number of ether oxygens (including phenoxy) is 2. The molecular formula is C26H20ClIN2O5. The number of carbonyl (C=O) groups is 2. The molecule has 9 heteroatoms. The maximum Gasteiger partial charge on any atom is 0.337 e. The number of hydrogen-bond donors (Lipinski definition) is 2. The third kappa shape index (κ3) is 6.74. The molecule has 0 aliphatic rings. The number of carboxylic acid groups (broad SMARTS) is 1. The topological polar surface area (TPSA) is 109 Å². The van der Waals surface area contributed by atoms with E-state index in [4.69, 9.17) is 21.1 Å². The first-order valence-corrected chi connectivity index (χ1v) is 11.9. The summed E-state index contributed by atoms with van der Waals surface area (Å²) in [5, 5.41) is 22.0. The van der Waals surface area contributed by atoms with Crippen LogP contribution in [-0.4, -0.2) is 23.6 Å². The summed E-state index contributed by atoms with van der Waals surface area (Å²) in [7, 11) is 0. The molecule has 0 aliphatic carbocycles. The molecule has 3 aromatic rings. The van der Waals surface area contributed by atoms with Crippen LogP contribution in [0.5, 0.6) is 11.5 Å². The highest BCUT2D eigenvalue weighted by Crippen LogP contribution is 2.36. The van der Waals surface area contributed by atoms with Gasteiger partial charge in [-0.25, -0.2) is 4.79 Å². The van der Waals surface area contributed by atoms with Crippen LogP contribution in [0.3, 0.4) is 0 Å². The van der Waals surface area contributed by atoms with Crippen LogP contribution in [0.25, 0.3) is 6.08 Å². The average Bonchev–Trinajstić information content (AvgIpc) is 2.83. The van der Waals surface area contributed by atoms with Gasteiger partial charge in [-0.05, 0) is 71.5 Å². The molecule has 0 aromatic heterocycles. The second-order valence-electron chi connectivity index (χ2n) is 7.12. The van der Waals surface area contributed by atoms with E-state index in [1.807, 2.05) is 31.2 Å². The molecule has 0 fully saturated rings. The standard InChI is InChI=1S/C26H20ClIN2O5/c1-2-34-23-13-16(12-21(28)24(23)35-15-17-7-3-5-9-20(17)27)11-18(14-29)25(31)30-22-10-6-4-8-19(22)26(32)33/h3-13H,2,15H2,1H3,(H,30,31)(H,32,33)/b18-11+. The highest BCUT2D eigenvalue weighted by atomic mass is 127. The van der Waals surface area contributed by atoms with Crippen LogP contribution < -0.4 is 14.8 Å². The van der Waals surface area contributed by atoms with Crippen molar-refractivity contribution in [1.82, 2.24) is 0 Å². The minimum atomic E-state index is -1.19. The second-order valence-corrected chi connectivity index (χ2v) is 8.69. The first-order chi connectivity index (χ1) is 16.8. The quantitative estimate of drug-likeness (QED) is 0.172. The number of nitriles is 1. The summed E-state index contributed by atoms with van der Waals surface area (Å²) >= 11 is 8.32. The summed E-state index contributed by atoms with van der Waals surface area (Å²) in [5.74, 6) is -0.950. The highest BCUT2D eigenvalue weighted by Gasteiger charge is 2.17. The number of nitrogens with zero attached hydrogens (tertiary/aromatic N) is 1. The van der Waals surface area contributed by atoms with Gasteiger partial charge in [-0.3, -0.25) is 4.79 Å². The largest absolute Gasteiger partial charge is 0.490 e. The van der Waals surface area contributed by atoms with E-state index in [0.29, 0.717) is 32.3 Å². The molecule has 1 amide bonds. The molecule has 7 nitrogen and oxygen atoms in total. The lowest BCUT2D eigenvalue weighted by Gasteiger charge is -2.15. The zero-order valence-electron chi connectivity index (χ0n) is 18.5. The molecule has 0 unspecified atom stereocenters. The number of anilines is 1. The van der Waals surface area contributed by atoms with Crippen LogP contribution in [0.1, 0.15) is 28.4 Å². The monoisotopic (exact) mass is 602 g/mol. The smallest absolute Gasteiger partial charge is 0.337 e. The molecule has 0 atom stereocenters. The Hall–Kier alpha value is -3.55. The molecule has 0 radical (unpaired) electrons. The lowest BCUT2D eigenvalue weighted by atomic mass is 10.1. The van der Waals surface area contributed by atoms with Crippen molar-refractivity contribution in [3.05, 3.63) is 91.5 Å². The summed E-state index contributed by atoms with van der Waals surface area (Å²) < 4.78 is 12.5. The average molecular weight is 603 g/mol. The Morgan fingerprint density at radius 1 is 1.14 bits per heavy atom. The molecule has 0 saturated heterocycles. The Morgan fingerprint density at radius 3 is 2.54 bits per heavy atom. The molecule has 0 bridgehead atoms. The summed E-state index contributed by atoms with van der Waals surface area (Å²) in [4.78, 5) is 24.1. The van der Waals surface area contributed by atoms with Gasteiger partial charge in [-0.2, -0.15) is 5.26 Å². The molecule has 2 N–H and O–H groups in total. The fraction of sp³-hybridized carbons (Fsp3) is 0.115. The van der Waals surface area contributed by atoms with Gasteiger partial charge in [-0.15, -0.1) is 0 Å². The zero-order chi connectivity index (χ0) is 25.4. The molecule has 0 aliphatic heterocycles. The number of benzene rings is 3. The fourth-order valence-electron chi connectivity index (χ4n) is 3.12. The molecule has 178 valence electrons. The number of aromatic carboxylic acids is 1. The highest BCUT2D eigenvalue weighted by molar-refractivity contribution is 14.1. The summed E-state index contributed by atoms with van der Waals surface area (Å²) in [6, 6.07) is 18.6. The number of carbonyl (C=O) groups excluding carboxylic acids is 1. The Balaban J connectivity index is 1.88. The van der Waals surface area contributed by atoms with E-state index < -0.39 is 11.9 Å². The van der Waals surface area contributed by atoms with Gasteiger partial charge < -0.3 is 19.9 Å². The summed E-state index contributed by atoms with van der Waals surface area (Å²) in [6.07, 6.45) is 1.40. The van der Waals surface area contributed by atoms with Crippen molar-refractivity contribution in [2.45, 2.75) is 13.5 Å². The van der Waals surface area contributed by atoms with Gasteiger partial charge in [0.05, 0.1) is 21.4 Å². The number of hydrogen-bond acceptors (Lipinski definition) is 5. The van der Waals surface area contributed by atoms with Gasteiger partial charge in [0.15, 0.2) is 11.5 Å². The number of carboxylic acids is 1. The lowest BCUT2D eigenvalue weighted by molar-refractivity contribution is -0.112. The Kier molecular flexibility index (Phi) is 9.11. The predicted molar refractivity (Wildman–Crippen MR) is 142 cm³/mol. The summed E-state index contributed by atoms with van der Waals surface area (Å²) in [5.41, 5.74) is 1.18. The molecule has 0 saturated carbocycles. The molecule has 3 aromatic carbocycles. The maximum absolute atomic E-state index is 12.7. The van der Waals surface area contributed by atoms with E-state index in [-0.39, 0.29) is 23.4 Å². The van der Waals surface area contributed by atoms with Crippen LogP contribution in [0.2, 0.25) is 5.02 Å². The molecule has 0 spiro atoms. The third-order valence-electron chi connectivity index (χ3n) is 4.74. The predicted octanol–water partition coefficient (Wildman–Crippen LogP) is 6.17. The first kappa shape index (κ1) is 26.1. The van der Waals surface area contributed by atoms with Gasteiger partial charge in [0.2, 0.25) is 0 Å². The summed E-state index contributed by atoms with van der Waals surface area (Å²) in [6.45, 7) is 2.45. The van der Waals surface area contributed by atoms with Crippen LogP contribution in [0.4, 0.5) is 5.69 Å². The van der Waals surface area contributed by atoms with E-state index >= 15 is 0 Å². The molecule has 0 heterocycles. The van der Waals surface area contributed by atoms with Crippen molar-refractivity contribution in [3.63, 3.8) is 0 Å². The number of halogens is 2. The maximum atomic E-state index is 12.7. The number of para-hydroxylation sites is 1. The van der Waals surface area contributed by atoms with Gasteiger partial charge in [0.25, 0.3) is 5.91 Å². The van der Waals surface area contributed by atoms with Crippen molar-refractivity contribution in [2.75, 3.05) is 11.9 Å². The van der Waals surface area contributed by atoms with Crippen molar-refractivity contribution >= 4 is 57.8 Å². The van der Waals surface area contributed by atoms with E-state index in [9.17, 15) is 20.0 Å². The van der Waals surface area contributed by atoms with E-state index in [1.165, 1.54) is 18.2 Å². The van der Waals surface area contributed by atoms with Crippen molar-refractivity contribution in [2.24, 2.45) is 0 Å². The fourth-order valence-corrected chi connectivity index (χ4v) is 4.09. The van der Waals surface area contributed by atoms with Gasteiger partial charge >= 0.3 is 5.97 Å². The number of nitrogens with one attached hydrogen (secondary N) is 1. The second kappa shape index (κ2) is 12.2. The zero-order valence-corrected chi connectivity index (χ0v) is 21.5. The van der Waals surface area contributed by atoms with Crippen LogP contribution in [0, 0.1) is 14.9 Å². The van der Waals surface area contributed by atoms with Crippen molar-refractivity contribution < 1.29 is 24.2 Å². The molecule has 35 heavy (non-hydrogen) atoms. The molecular weight excluding hydrogens is 583 g/mol. The molecule has 3 rings (SSSR count). The minimum Gasteiger partial charge on any atom is -0.490 e. The third-order valence-corrected chi connectivity index (χ3v) is 5.91. The van der Waals surface area contributed by atoms with Crippen LogP contribution in [-0.2, 0) is 11.4 Å². The lowest BCUT2D eigenvalue weighted by Crippen LogP contribution is -2.16. The Bertz CT molecular complexity index is 1330. The van der Waals surface area contributed by atoms with Crippen LogP contribution in [0.15, 0.2) is 66.2 Å². The SMILES string of the molecule is CCOc1cc(/C=C(\C#N)C(=O)Nc2ccccc2C(=O)O)cc(I)c1OCc1ccccc1Cl. The van der Waals surface area contributed by atoms with Gasteiger partial charge in [-0.1, -0.05) is 41.9 Å². The van der Waals surface area contributed by atoms with Crippen molar-refractivity contribution in [3.8, 4) is 17.6 Å². The minimum absolute atomic E-state index is 0.0775. The van der Waals surface area contributed by atoms with Gasteiger partial charge in [0.1, 0.15) is 18.2 Å². The Morgan fingerprint density at radius 2 is 1.86 bits per heavy atom. The first-order valence-electron chi connectivity index (χ1n) is 10.4. The normalized spacial score (nSPS) is 10.9. The van der Waals surface area contributed by atoms with Gasteiger partial charge in [0, 0.05) is 10.6 Å².